The molecular weight excluding hydrogens is 605 g/mol. The quantitative estimate of drug-likeness (QED) is 0.176. The number of aromatic nitrogens is 2. The monoisotopic (exact) mass is 648 g/mol. The molecule has 0 saturated carbocycles. The number of fused-ring (bicyclic) bond motifs is 6. The minimum absolute atomic E-state index is 0.0131. The summed E-state index contributed by atoms with van der Waals surface area (Å²) in [4.78, 5) is 0. The van der Waals surface area contributed by atoms with Crippen LogP contribution in [0.15, 0.2) is 194 Å². The lowest BCUT2D eigenvalue weighted by Crippen LogP contribution is -1.98. The molecule has 0 spiro atoms. The Kier molecular flexibility index (Phi) is 4.32. The van der Waals surface area contributed by atoms with E-state index in [0.29, 0.717) is 11.1 Å². The van der Waals surface area contributed by atoms with E-state index in [1.807, 2.05) is 72.8 Å². The molecule has 2 heteroatoms. The molecule has 8 aromatic carbocycles. The summed E-state index contributed by atoms with van der Waals surface area (Å²) >= 11 is 0. The second kappa shape index (κ2) is 11.5. The fourth-order valence-corrected chi connectivity index (χ4v) is 7.32. The molecule has 10 aromatic rings. The summed E-state index contributed by atoms with van der Waals surface area (Å²) in [5.74, 6) is 0. The summed E-state index contributed by atoms with van der Waals surface area (Å²) in [7, 11) is 0. The maximum Gasteiger partial charge on any atom is 0.0645 e. The van der Waals surface area contributed by atoms with Crippen LogP contribution in [0.5, 0.6) is 0 Å². The third kappa shape index (κ3) is 4.29. The molecule has 0 bridgehead atoms. The predicted molar refractivity (Wildman–Crippen MR) is 211 cm³/mol. The van der Waals surface area contributed by atoms with Crippen molar-refractivity contribution in [1.82, 2.24) is 9.13 Å². The summed E-state index contributed by atoms with van der Waals surface area (Å²) in [6.07, 6.45) is 0. The Bertz CT molecular complexity index is 3530. The largest absolute Gasteiger partial charge is 0.309 e. The highest BCUT2D eigenvalue weighted by atomic mass is 15.0. The predicted octanol–water partition coefficient (Wildman–Crippen LogP) is 12.9. The van der Waals surface area contributed by atoms with Gasteiger partial charge in [-0.2, -0.15) is 0 Å². The third-order valence-electron chi connectivity index (χ3n) is 9.34. The molecule has 0 unspecified atom stereocenters. The Morgan fingerprint density at radius 3 is 1.82 bits per heavy atom. The summed E-state index contributed by atoms with van der Waals surface area (Å²) < 4.78 is 110. The average Bonchev–Trinajstić information content (AvgIpc) is 3.82. The topological polar surface area (TPSA) is 9.86 Å². The zero-order valence-electron chi connectivity index (χ0n) is 38.4. The molecule has 234 valence electrons. The van der Waals surface area contributed by atoms with Crippen LogP contribution in [0.3, 0.4) is 0 Å². The van der Waals surface area contributed by atoms with E-state index in [9.17, 15) is 5.48 Å². The fraction of sp³-hybridized carbons (Fsp3) is 0. The zero-order valence-corrected chi connectivity index (χ0v) is 26.4. The van der Waals surface area contributed by atoms with E-state index in [4.69, 9.17) is 11.0 Å². The SMILES string of the molecule is [2H]c1c([2H])c([2H])c(-n2c3c([2H])c([2H])c([2H])c([2H])c3c3c(-c4ccccc4-c4ccccc4-n4c5ccccc5c5c(-c6ccccc6)cccc54)c([2H])c([2H])c([2H])c32)c([2H])c1[2H]. The Balaban J connectivity index is 1.35. The molecule has 2 heterocycles. The average molecular weight is 649 g/mol. The van der Waals surface area contributed by atoms with Gasteiger partial charge in [-0.3, -0.25) is 0 Å². The van der Waals surface area contributed by atoms with Gasteiger partial charge in [0.25, 0.3) is 0 Å². The van der Waals surface area contributed by atoms with Gasteiger partial charge in [0.05, 0.1) is 44.2 Å². The van der Waals surface area contributed by atoms with E-state index < -0.39 is 72.2 Å². The molecule has 50 heavy (non-hydrogen) atoms. The second-order valence-electron chi connectivity index (χ2n) is 12.0. The number of hydrogen-bond acceptors (Lipinski definition) is 0. The van der Waals surface area contributed by atoms with Crippen LogP contribution in [0.4, 0.5) is 0 Å². The van der Waals surface area contributed by atoms with Crippen LogP contribution in [0, 0.1) is 0 Å². The first-order chi connectivity index (χ1) is 29.8. The van der Waals surface area contributed by atoms with Crippen molar-refractivity contribution in [2.75, 3.05) is 0 Å². The Hall–Kier alpha value is -6.64. The van der Waals surface area contributed by atoms with Gasteiger partial charge < -0.3 is 9.13 Å². The van der Waals surface area contributed by atoms with Crippen LogP contribution in [0.2, 0.25) is 0 Å². The lowest BCUT2D eigenvalue weighted by Gasteiger charge is -2.17. The van der Waals surface area contributed by atoms with Crippen LogP contribution < -0.4 is 0 Å². The fourth-order valence-electron chi connectivity index (χ4n) is 7.32. The summed E-state index contributed by atoms with van der Waals surface area (Å²) in [5.41, 5.74) is 5.79. The van der Waals surface area contributed by atoms with Crippen LogP contribution >= 0.6 is 0 Å². The van der Waals surface area contributed by atoms with Crippen molar-refractivity contribution in [1.29, 1.82) is 0 Å². The van der Waals surface area contributed by atoms with Crippen molar-refractivity contribution in [3.8, 4) is 44.8 Å². The van der Waals surface area contributed by atoms with Crippen LogP contribution in [0.1, 0.15) is 16.4 Å². The Morgan fingerprint density at radius 1 is 0.340 bits per heavy atom. The Labute approximate surface area is 307 Å². The Morgan fingerprint density at radius 2 is 0.960 bits per heavy atom. The van der Waals surface area contributed by atoms with Crippen molar-refractivity contribution < 1.29 is 16.4 Å². The number of rotatable bonds is 5. The molecule has 0 fully saturated rings. The first kappa shape index (κ1) is 18.8. The molecule has 0 saturated heterocycles. The molecule has 0 aliphatic heterocycles. The van der Waals surface area contributed by atoms with E-state index in [0.717, 1.165) is 48.8 Å². The van der Waals surface area contributed by atoms with Gasteiger partial charge >= 0.3 is 0 Å². The van der Waals surface area contributed by atoms with Crippen LogP contribution in [0.25, 0.3) is 88.4 Å². The molecule has 10 rings (SSSR count). The van der Waals surface area contributed by atoms with Crippen LogP contribution in [-0.4, -0.2) is 9.13 Å². The molecule has 2 aromatic heterocycles. The van der Waals surface area contributed by atoms with Crippen molar-refractivity contribution in [3.63, 3.8) is 0 Å². The normalized spacial score (nSPS) is 15.0. The van der Waals surface area contributed by atoms with Gasteiger partial charge in [-0.1, -0.05) is 151 Å². The third-order valence-corrected chi connectivity index (χ3v) is 9.34. The van der Waals surface area contributed by atoms with Crippen molar-refractivity contribution in [3.05, 3.63) is 194 Å². The van der Waals surface area contributed by atoms with Crippen molar-refractivity contribution in [2.24, 2.45) is 0 Å². The van der Waals surface area contributed by atoms with E-state index in [-0.39, 0.29) is 33.4 Å². The lowest BCUT2D eigenvalue weighted by molar-refractivity contribution is 1.18. The molecule has 0 atom stereocenters. The highest BCUT2D eigenvalue weighted by Crippen LogP contribution is 2.45. The van der Waals surface area contributed by atoms with E-state index in [1.54, 1.807) is 12.1 Å². The maximum atomic E-state index is 9.55. The van der Waals surface area contributed by atoms with E-state index in [1.165, 1.54) is 0 Å². The van der Waals surface area contributed by atoms with Gasteiger partial charge in [0.2, 0.25) is 0 Å². The summed E-state index contributed by atoms with van der Waals surface area (Å²) in [5, 5.41) is 2.00. The lowest BCUT2D eigenvalue weighted by atomic mass is 9.91. The van der Waals surface area contributed by atoms with E-state index >= 15 is 0 Å². The molecule has 0 aliphatic carbocycles. The minimum atomic E-state index is -0.685. The highest BCUT2D eigenvalue weighted by Gasteiger charge is 2.21. The van der Waals surface area contributed by atoms with Gasteiger partial charge in [-0.25, -0.2) is 0 Å². The molecule has 2 nitrogen and oxygen atoms in total. The van der Waals surface area contributed by atoms with Gasteiger partial charge in [0, 0.05) is 32.8 Å². The molecular formula is C48H32N2. The molecule has 0 amide bonds. The number of hydrogen-bond donors (Lipinski definition) is 0. The summed E-state index contributed by atoms with van der Waals surface area (Å²) in [6, 6.07) is 32.5. The standard InChI is InChI=1S/C48H32N2/c1-3-17-33(18-4-1)35-26-15-32-46-47(35)41-25-11-14-30-44(41)50(46)42-28-12-9-23-38(42)36-21-7-8-22-37(36)39-27-16-31-45-48(39)40-24-10-13-29-43(40)49(45)34-19-5-2-6-20-34/h1-32H/i2D,5D,6D,10D,13D,16D,19D,20D,24D,27D,29D,31D. The molecule has 0 aliphatic rings. The van der Waals surface area contributed by atoms with Gasteiger partial charge in [0.1, 0.15) is 0 Å². The number of benzene rings is 8. The second-order valence-corrected chi connectivity index (χ2v) is 12.0. The highest BCUT2D eigenvalue weighted by molar-refractivity contribution is 6.18. The molecule has 0 N–H and O–H groups in total. The molecule has 0 radical (unpaired) electrons. The first-order valence-electron chi connectivity index (χ1n) is 22.2. The van der Waals surface area contributed by atoms with Gasteiger partial charge in [-0.05, 0) is 70.2 Å². The maximum absolute atomic E-state index is 9.55. The zero-order chi connectivity index (χ0) is 43.5. The summed E-state index contributed by atoms with van der Waals surface area (Å²) in [6.45, 7) is 0. The van der Waals surface area contributed by atoms with Crippen LogP contribution in [-0.2, 0) is 0 Å². The first-order valence-corrected chi connectivity index (χ1v) is 16.2. The minimum Gasteiger partial charge on any atom is -0.309 e. The smallest absolute Gasteiger partial charge is 0.0645 e. The van der Waals surface area contributed by atoms with Gasteiger partial charge in [-0.15, -0.1) is 0 Å². The van der Waals surface area contributed by atoms with Gasteiger partial charge in [0.15, 0.2) is 0 Å². The van der Waals surface area contributed by atoms with Crippen molar-refractivity contribution in [2.45, 2.75) is 0 Å². The number of para-hydroxylation sites is 4. The van der Waals surface area contributed by atoms with E-state index in [2.05, 4.69) is 41.0 Å². The van der Waals surface area contributed by atoms with Crippen molar-refractivity contribution >= 4 is 43.6 Å². The number of nitrogens with zero attached hydrogens (tertiary/aromatic N) is 2.